The van der Waals surface area contributed by atoms with Gasteiger partial charge < -0.3 is 14.5 Å². The number of aromatic nitrogens is 2. The van der Waals surface area contributed by atoms with Crippen molar-refractivity contribution >= 4 is 21.4 Å². The predicted octanol–water partition coefficient (Wildman–Crippen LogP) is 5.19. The highest BCUT2D eigenvalue weighted by molar-refractivity contribution is 7.92. The lowest BCUT2D eigenvalue weighted by Gasteiger charge is -2.34. The van der Waals surface area contributed by atoms with E-state index in [1.54, 1.807) is 13.0 Å². The second kappa shape index (κ2) is 11.9. The molecule has 1 fully saturated rings. The average Bonchev–Trinajstić information content (AvgIpc) is 2.94. The lowest BCUT2D eigenvalue weighted by Crippen LogP contribution is -2.38. The quantitative estimate of drug-likeness (QED) is 0.389. The van der Waals surface area contributed by atoms with Crippen molar-refractivity contribution in [3.05, 3.63) is 65.1 Å². The molecule has 8 nitrogen and oxygen atoms in total. The molecule has 3 heterocycles. The minimum absolute atomic E-state index is 0.000773. The Morgan fingerprint density at radius 2 is 1.85 bits per heavy atom. The van der Waals surface area contributed by atoms with Crippen LogP contribution in [0.1, 0.15) is 56.5 Å². The number of ether oxygens (including phenoxy) is 1. The van der Waals surface area contributed by atoms with E-state index in [0.29, 0.717) is 35.9 Å². The summed E-state index contributed by atoms with van der Waals surface area (Å²) in [5, 5.41) is 0. The minimum atomic E-state index is -3.50. The summed E-state index contributed by atoms with van der Waals surface area (Å²) in [7, 11) is -1.41. The van der Waals surface area contributed by atoms with Crippen molar-refractivity contribution in [1.29, 1.82) is 0 Å². The number of nitrogens with zero attached hydrogens (tertiary/aromatic N) is 4. The van der Waals surface area contributed by atoms with Crippen molar-refractivity contribution in [3.8, 4) is 17.0 Å². The first kappa shape index (κ1) is 29.2. The van der Waals surface area contributed by atoms with E-state index in [1.165, 1.54) is 6.07 Å². The molecule has 1 aromatic heterocycles. The number of anilines is 2. The number of rotatable bonds is 8. The molecule has 5 rings (SSSR count). The van der Waals surface area contributed by atoms with Crippen LogP contribution in [-0.4, -0.2) is 68.4 Å². The molecule has 11 heteroatoms. The molecule has 0 atom stereocenters. The van der Waals surface area contributed by atoms with Gasteiger partial charge in [-0.25, -0.2) is 27.2 Å². The molecule has 0 aliphatic carbocycles. The fourth-order valence-corrected chi connectivity index (χ4v) is 6.22. The summed E-state index contributed by atoms with van der Waals surface area (Å²) in [6.07, 6.45) is 3.23. The monoisotopic (exact) mass is 585 g/mol. The Morgan fingerprint density at radius 1 is 1.10 bits per heavy atom. The number of piperidine rings is 1. The van der Waals surface area contributed by atoms with Crippen molar-refractivity contribution in [2.75, 3.05) is 48.7 Å². The van der Waals surface area contributed by atoms with Crippen molar-refractivity contribution in [2.24, 2.45) is 0 Å². The number of sulfonamides is 1. The summed E-state index contributed by atoms with van der Waals surface area (Å²) < 4.78 is 63.5. The summed E-state index contributed by atoms with van der Waals surface area (Å²) in [6, 6.07) is 8.80. The van der Waals surface area contributed by atoms with Gasteiger partial charge in [0.1, 0.15) is 18.1 Å². The van der Waals surface area contributed by atoms with E-state index in [4.69, 9.17) is 4.74 Å². The maximum atomic E-state index is 15.1. The molecule has 0 radical (unpaired) electrons. The summed E-state index contributed by atoms with van der Waals surface area (Å²) in [6.45, 7) is 8.49. The van der Waals surface area contributed by atoms with Crippen LogP contribution in [0.4, 0.5) is 20.2 Å². The summed E-state index contributed by atoms with van der Waals surface area (Å²) in [5.74, 6) is -0.514. The zero-order chi connectivity index (χ0) is 29.3. The lowest BCUT2D eigenvalue weighted by molar-refractivity contribution is 0.255. The Kier molecular flexibility index (Phi) is 8.47. The molecule has 2 aliphatic rings. The first-order chi connectivity index (χ1) is 19.5. The van der Waals surface area contributed by atoms with Crippen LogP contribution in [-0.2, 0) is 16.4 Å². The molecule has 0 spiro atoms. The molecule has 220 valence electrons. The van der Waals surface area contributed by atoms with Crippen LogP contribution >= 0.6 is 0 Å². The van der Waals surface area contributed by atoms with E-state index in [0.717, 1.165) is 43.3 Å². The standard InChI is InChI=1S/C30H37F2N5O3S/c1-5-41(38,39)35-26-14-20(6-7-23(26)21-8-10-36(4)11-9-21)15-28-33-18-25(32)29(34-28)22-16-24(31)30-27(17-22)37(19(2)3)12-13-40-30/h6-7,14,16-19,21,35H,5,8-13,15H2,1-4H3. The van der Waals surface area contributed by atoms with Gasteiger partial charge in [0, 0.05) is 18.0 Å². The van der Waals surface area contributed by atoms with Gasteiger partial charge >= 0.3 is 0 Å². The maximum absolute atomic E-state index is 15.1. The van der Waals surface area contributed by atoms with Gasteiger partial charge in [0.2, 0.25) is 10.0 Å². The van der Waals surface area contributed by atoms with E-state index < -0.39 is 21.7 Å². The molecule has 2 aromatic carbocycles. The van der Waals surface area contributed by atoms with E-state index in [-0.39, 0.29) is 35.6 Å². The number of hydrogen-bond acceptors (Lipinski definition) is 7. The van der Waals surface area contributed by atoms with Crippen molar-refractivity contribution < 1.29 is 21.9 Å². The number of nitrogens with one attached hydrogen (secondary N) is 1. The average molecular weight is 586 g/mol. The molecule has 1 N–H and O–H groups in total. The predicted molar refractivity (Wildman–Crippen MR) is 157 cm³/mol. The molecule has 1 saturated heterocycles. The highest BCUT2D eigenvalue weighted by Gasteiger charge is 2.26. The van der Waals surface area contributed by atoms with Crippen LogP contribution in [0.2, 0.25) is 0 Å². The number of hydrogen-bond donors (Lipinski definition) is 1. The molecule has 3 aromatic rings. The molecule has 0 bridgehead atoms. The van der Waals surface area contributed by atoms with Crippen LogP contribution in [0.3, 0.4) is 0 Å². The van der Waals surface area contributed by atoms with Gasteiger partial charge in [0.25, 0.3) is 0 Å². The van der Waals surface area contributed by atoms with E-state index in [9.17, 15) is 8.42 Å². The van der Waals surface area contributed by atoms with Crippen molar-refractivity contribution in [3.63, 3.8) is 0 Å². The smallest absolute Gasteiger partial charge is 0.232 e. The fourth-order valence-electron chi connectivity index (χ4n) is 5.57. The lowest BCUT2D eigenvalue weighted by atomic mass is 9.87. The third-order valence-electron chi connectivity index (χ3n) is 7.89. The molecule has 0 amide bonds. The van der Waals surface area contributed by atoms with E-state index >= 15 is 8.78 Å². The second-order valence-corrected chi connectivity index (χ2v) is 13.1. The van der Waals surface area contributed by atoms with Crippen molar-refractivity contribution in [1.82, 2.24) is 14.9 Å². The van der Waals surface area contributed by atoms with Gasteiger partial charge in [-0.1, -0.05) is 12.1 Å². The Bertz CT molecular complexity index is 1520. The molecule has 2 aliphatic heterocycles. The number of benzene rings is 2. The molecular weight excluding hydrogens is 548 g/mol. The van der Waals surface area contributed by atoms with Crippen LogP contribution in [0.15, 0.2) is 36.5 Å². The number of fused-ring (bicyclic) bond motifs is 1. The van der Waals surface area contributed by atoms with Gasteiger partial charge in [0.05, 0.1) is 29.9 Å². The molecule has 0 unspecified atom stereocenters. The Morgan fingerprint density at radius 3 is 2.56 bits per heavy atom. The van der Waals surface area contributed by atoms with Gasteiger partial charge in [-0.15, -0.1) is 0 Å². The summed E-state index contributed by atoms with van der Waals surface area (Å²) in [4.78, 5) is 13.0. The first-order valence-electron chi connectivity index (χ1n) is 14.1. The third kappa shape index (κ3) is 6.46. The molecule has 0 saturated carbocycles. The Labute approximate surface area is 240 Å². The van der Waals surface area contributed by atoms with E-state index in [2.05, 4.69) is 26.6 Å². The normalized spacial score (nSPS) is 16.5. The van der Waals surface area contributed by atoms with Gasteiger partial charge in [-0.2, -0.15) is 0 Å². The molecule has 41 heavy (non-hydrogen) atoms. The van der Waals surface area contributed by atoms with E-state index in [1.807, 2.05) is 36.9 Å². The number of halogens is 2. The fraction of sp³-hybridized carbons (Fsp3) is 0.467. The Hall–Kier alpha value is -3.31. The summed E-state index contributed by atoms with van der Waals surface area (Å²) in [5.41, 5.74) is 3.18. The summed E-state index contributed by atoms with van der Waals surface area (Å²) >= 11 is 0. The second-order valence-electron chi connectivity index (χ2n) is 11.1. The topological polar surface area (TPSA) is 87.7 Å². The Balaban J connectivity index is 1.47. The number of likely N-dealkylation sites (tertiary alicyclic amines) is 1. The van der Waals surface area contributed by atoms with Gasteiger partial charge in [-0.3, -0.25) is 4.72 Å². The highest BCUT2D eigenvalue weighted by atomic mass is 32.2. The largest absolute Gasteiger partial charge is 0.486 e. The first-order valence-corrected chi connectivity index (χ1v) is 15.8. The van der Waals surface area contributed by atoms with Crippen LogP contribution in [0.5, 0.6) is 5.75 Å². The molecular formula is C30H37F2N5O3S. The van der Waals surface area contributed by atoms with Crippen LogP contribution in [0, 0.1) is 11.6 Å². The van der Waals surface area contributed by atoms with Crippen LogP contribution in [0.25, 0.3) is 11.3 Å². The zero-order valence-electron chi connectivity index (χ0n) is 24.0. The highest BCUT2D eigenvalue weighted by Crippen LogP contribution is 2.39. The van der Waals surface area contributed by atoms with Crippen LogP contribution < -0.4 is 14.4 Å². The SMILES string of the molecule is CCS(=O)(=O)Nc1cc(Cc2ncc(F)c(-c3cc(F)c4c(c3)N(C(C)C)CCO4)n2)ccc1C1CCN(C)CC1. The zero-order valence-corrected chi connectivity index (χ0v) is 24.8. The van der Waals surface area contributed by atoms with Gasteiger partial charge in [0.15, 0.2) is 17.4 Å². The minimum Gasteiger partial charge on any atom is -0.486 e. The van der Waals surface area contributed by atoms with Crippen molar-refractivity contribution in [2.45, 2.75) is 52.0 Å². The third-order valence-corrected chi connectivity index (χ3v) is 9.18. The maximum Gasteiger partial charge on any atom is 0.232 e. The van der Waals surface area contributed by atoms with Gasteiger partial charge in [-0.05, 0) is 89.0 Å².